The first-order valence-corrected chi connectivity index (χ1v) is 15.2. The molecule has 44 heavy (non-hydrogen) atoms. The highest BCUT2D eigenvalue weighted by Gasteiger charge is 2.45. The molecule has 5 N–H and O–H groups in total. The zero-order chi connectivity index (χ0) is 32.7. The first-order chi connectivity index (χ1) is 20.6. The van der Waals surface area contributed by atoms with Crippen LogP contribution in [0.1, 0.15) is 72.3 Å². The van der Waals surface area contributed by atoms with Gasteiger partial charge in [-0.05, 0) is 42.6 Å². The van der Waals surface area contributed by atoms with Gasteiger partial charge in [0.25, 0.3) is 5.91 Å². The Bertz CT molecular complexity index is 1210. The number of nitrogens with zero attached hydrogens (tertiary/aromatic N) is 1. The number of benzene rings is 1. The molecule has 0 aromatic heterocycles. The van der Waals surface area contributed by atoms with Crippen molar-refractivity contribution in [2.45, 2.75) is 97.0 Å². The van der Waals surface area contributed by atoms with Crippen LogP contribution < -0.4 is 21.7 Å². The van der Waals surface area contributed by atoms with Crippen molar-refractivity contribution in [3.05, 3.63) is 35.9 Å². The number of primary amides is 1. The Hall–Kier alpha value is -3.80. The molecule has 5 amide bonds. The summed E-state index contributed by atoms with van der Waals surface area (Å²) < 4.78 is 5.68. The summed E-state index contributed by atoms with van der Waals surface area (Å²) in [6, 6.07) is 5.65. The number of likely N-dealkylation sites (tertiary alicyclic amines) is 1. The first-order valence-electron chi connectivity index (χ1n) is 15.2. The number of carbonyl (C=O) groups is 6. The van der Waals surface area contributed by atoms with E-state index in [1.807, 2.05) is 37.3 Å². The van der Waals surface area contributed by atoms with E-state index in [1.54, 1.807) is 20.8 Å². The van der Waals surface area contributed by atoms with Crippen LogP contribution >= 0.6 is 0 Å². The number of Topliss-reactive ketones (excluding diaryl/α,β-unsaturated/α-hetero) is 1. The largest absolute Gasteiger partial charge is 0.374 e. The second-order valence-electron chi connectivity index (χ2n) is 13.6. The third kappa shape index (κ3) is 9.35. The van der Waals surface area contributed by atoms with E-state index < -0.39 is 58.6 Å². The van der Waals surface area contributed by atoms with Crippen molar-refractivity contribution >= 4 is 35.8 Å². The van der Waals surface area contributed by atoms with Gasteiger partial charge < -0.3 is 36.1 Å². The zero-order valence-corrected chi connectivity index (χ0v) is 26.4. The highest BCUT2D eigenvalue weighted by atomic mass is 16.5. The third-order valence-corrected chi connectivity index (χ3v) is 8.33. The number of nitrogens with two attached hydrogens (primary N) is 1. The predicted molar refractivity (Wildman–Crippen MR) is 163 cm³/mol. The molecule has 1 saturated heterocycles. The van der Waals surface area contributed by atoms with Crippen LogP contribution in [-0.2, 0) is 35.3 Å². The van der Waals surface area contributed by atoms with Gasteiger partial charge in [0, 0.05) is 6.54 Å². The minimum absolute atomic E-state index is 0.0267. The average molecular weight is 614 g/mol. The standard InChI is InChI=1S/C32H47N5O7/c1-20-14-24(28(41)34-23(25(39)27(33)40)15-21-12-9-13-21)37(16-20)29(42)26(31(2,3)4)35-30(43)36-32(5,18-38)19-44-17-22-10-7-6-8-11-22/h6-8,10-11,18,20-21,23-24,26H,9,12-17,19H2,1-5H3,(H2,33,40)(H,34,41)(H2,35,36,43)/t20-,23?,24+,26-,32+/m1/s1. The first kappa shape index (κ1) is 34.7. The van der Waals surface area contributed by atoms with Gasteiger partial charge in [-0.1, -0.05) is 77.3 Å². The van der Waals surface area contributed by atoms with Crippen LogP contribution in [0.4, 0.5) is 4.79 Å². The summed E-state index contributed by atoms with van der Waals surface area (Å²) in [6.45, 7) is 9.21. The molecule has 242 valence electrons. The molecule has 0 radical (unpaired) electrons. The SMILES string of the molecule is C[C@@H]1C[C@@H](C(=O)NC(CC2CCC2)C(=O)C(N)=O)N(C(=O)[C@@H](NC(=O)N[C@@](C)(C=O)COCc2ccccc2)C(C)(C)C)C1. The van der Waals surface area contributed by atoms with Crippen molar-refractivity contribution in [2.24, 2.45) is 23.0 Å². The van der Waals surface area contributed by atoms with Crippen molar-refractivity contribution in [2.75, 3.05) is 13.2 Å². The molecule has 12 nitrogen and oxygen atoms in total. The molecule has 1 saturated carbocycles. The van der Waals surface area contributed by atoms with Gasteiger partial charge in [0.1, 0.15) is 23.9 Å². The molecule has 2 aliphatic rings. The second kappa shape index (κ2) is 14.8. The van der Waals surface area contributed by atoms with Crippen LogP contribution in [0.2, 0.25) is 0 Å². The number of hydrogen-bond acceptors (Lipinski definition) is 7. The van der Waals surface area contributed by atoms with Crippen LogP contribution in [0.3, 0.4) is 0 Å². The van der Waals surface area contributed by atoms with Gasteiger partial charge in [-0.2, -0.15) is 0 Å². The number of hydrogen-bond donors (Lipinski definition) is 4. The topological polar surface area (TPSA) is 177 Å². The molecule has 3 rings (SSSR count). The maximum atomic E-state index is 14.0. The summed E-state index contributed by atoms with van der Waals surface area (Å²) in [5, 5.41) is 8.04. The Morgan fingerprint density at radius 3 is 2.27 bits per heavy atom. The highest BCUT2D eigenvalue weighted by molar-refractivity contribution is 6.37. The van der Waals surface area contributed by atoms with Crippen LogP contribution in [0.15, 0.2) is 30.3 Å². The number of rotatable bonds is 14. The lowest BCUT2D eigenvalue weighted by molar-refractivity contribution is -0.143. The predicted octanol–water partition coefficient (Wildman–Crippen LogP) is 1.84. The maximum Gasteiger partial charge on any atom is 0.316 e. The quantitative estimate of drug-likeness (QED) is 0.183. The van der Waals surface area contributed by atoms with Crippen molar-refractivity contribution < 1.29 is 33.5 Å². The summed E-state index contributed by atoms with van der Waals surface area (Å²) in [5.41, 5.74) is 4.04. The minimum Gasteiger partial charge on any atom is -0.374 e. The van der Waals surface area contributed by atoms with Crippen LogP contribution in [0.25, 0.3) is 0 Å². The molecule has 1 aromatic carbocycles. The van der Waals surface area contributed by atoms with Gasteiger partial charge in [-0.15, -0.1) is 0 Å². The van der Waals surface area contributed by atoms with E-state index in [-0.39, 0.29) is 31.6 Å². The molecule has 1 heterocycles. The van der Waals surface area contributed by atoms with E-state index in [0.717, 1.165) is 24.8 Å². The number of urea groups is 1. The molecule has 0 bridgehead atoms. The van der Waals surface area contributed by atoms with Gasteiger partial charge in [-0.3, -0.25) is 19.2 Å². The maximum absolute atomic E-state index is 14.0. The number of amides is 5. The number of aldehydes is 1. The van der Waals surface area contributed by atoms with E-state index in [2.05, 4.69) is 16.0 Å². The van der Waals surface area contributed by atoms with Crippen molar-refractivity contribution in [3.63, 3.8) is 0 Å². The molecular formula is C32H47N5O7. The Morgan fingerprint density at radius 2 is 1.73 bits per heavy atom. The number of carbonyl (C=O) groups excluding carboxylic acids is 6. The fourth-order valence-corrected chi connectivity index (χ4v) is 5.57. The molecule has 1 aliphatic carbocycles. The monoisotopic (exact) mass is 613 g/mol. The van der Waals surface area contributed by atoms with Gasteiger partial charge in [0.05, 0.1) is 19.3 Å². The highest BCUT2D eigenvalue weighted by Crippen LogP contribution is 2.32. The third-order valence-electron chi connectivity index (χ3n) is 8.33. The second-order valence-corrected chi connectivity index (χ2v) is 13.6. The summed E-state index contributed by atoms with van der Waals surface area (Å²) in [7, 11) is 0. The van der Waals surface area contributed by atoms with E-state index >= 15 is 0 Å². The lowest BCUT2D eigenvalue weighted by Gasteiger charge is -2.36. The summed E-state index contributed by atoms with van der Waals surface area (Å²) in [4.78, 5) is 78.2. The molecular weight excluding hydrogens is 566 g/mol. The van der Waals surface area contributed by atoms with Crippen LogP contribution in [-0.4, -0.2) is 77.5 Å². The molecule has 0 spiro atoms. The van der Waals surface area contributed by atoms with Gasteiger partial charge in [0.15, 0.2) is 0 Å². The normalized spacial score (nSPS) is 21.2. The molecule has 1 aliphatic heterocycles. The van der Waals surface area contributed by atoms with Gasteiger partial charge in [-0.25, -0.2) is 4.79 Å². The summed E-state index contributed by atoms with van der Waals surface area (Å²) >= 11 is 0. The Morgan fingerprint density at radius 1 is 1.07 bits per heavy atom. The fourth-order valence-electron chi connectivity index (χ4n) is 5.57. The van der Waals surface area contributed by atoms with E-state index in [4.69, 9.17) is 10.5 Å². The van der Waals surface area contributed by atoms with Crippen molar-refractivity contribution in [1.29, 1.82) is 0 Å². The van der Waals surface area contributed by atoms with Crippen molar-refractivity contribution in [3.8, 4) is 0 Å². The lowest BCUT2D eigenvalue weighted by atomic mass is 9.80. The summed E-state index contributed by atoms with van der Waals surface area (Å²) in [5.74, 6) is -2.78. The fraction of sp³-hybridized carbons (Fsp3) is 0.625. The van der Waals surface area contributed by atoms with E-state index in [0.29, 0.717) is 19.1 Å². The average Bonchev–Trinajstić information content (AvgIpc) is 3.33. The van der Waals surface area contributed by atoms with E-state index in [9.17, 15) is 28.8 Å². The number of nitrogens with one attached hydrogen (secondary N) is 3. The van der Waals surface area contributed by atoms with Gasteiger partial charge >= 0.3 is 6.03 Å². The van der Waals surface area contributed by atoms with Crippen LogP contribution in [0, 0.1) is 17.3 Å². The molecule has 1 unspecified atom stereocenters. The molecule has 12 heteroatoms. The number of ether oxygens (including phenoxy) is 1. The van der Waals surface area contributed by atoms with E-state index in [1.165, 1.54) is 11.8 Å². The summed E-state index contributed by atoms with van der Waals surface area (Å²) in [6.07, 6.45) is 4.10. The molecule has 1 aromatic rings. The van der Waals surface area contributed by atoms with Gasteiger partial charge in [0.2, 0.25) is 17.6 Å². The molecule has 5 atom stereocenters. The molecule has 2 fully saturated rings. The van der Waals surface area contributed by atoms with Crippen molar-refractivity contribution in [1.82, 2.24) is 20.9 Å². The van der Waals surface area contributed by atoms with Crippen LogP contribution in [0.5, 0.6) is 0 Å². The lowest BCUT2D eigenvalue weighted by Crippen LogP contribution is -2.62. The Labute approximate surface area is 259 Å². The Kier molecular flexibility index (Phi) is 11.7. The smallest absolute Gasteiger partial charge is 0.316 e. The zero-order valence-electron chi connectivity index (χ0n) is 26.4. The number of ketones is 1. The Balaban J connectivity index is 1.69. The minimum atomic E-state index is -1.36.